The maximum Gasteiger partial charge on any atom is 0.0491 e. The zero-order chi connectivity index (χ0) is 13.0. The van der Waals surface area contributed by atoms with Gasteiger partial charge in [-0.1, -0.05) is 92.5 Å². The van der Waals surface area contributed by atoms with Gasteiger partial charge in [0.15, 0.2) is 0 Å². The predicted octanol–water partition coefficient (Wildman–Crippen LogP) is 5.82. The van der Waals surface area contributed by atoms with Gasteiger partial charge in [0.25, 0.3) is 0 Å². The van der Waals surface area contributed by atoms with Crippen LogP contribution in [0.5, 0.6) is 0 Å². The summed E-state index contributed by atoms with van der Waals surface area (Å²) in [5.41, 5.74) is 2.63. The van der Waals surface area contributed by atoms with Crippen LogP contribution in [-0.4, -0.2) is 0 Å². The molecule has 2 unspecified atom stereocenters. The van der Waals surface area contributed by atoms with Crippen LogP contribution in [0.2, 0.25) is 0 Å². The Balaban J connectivity index is 2.14. The molecule has 2 aromatic rings. The van der Waals surface area contributed by atoms with Crippen LogP contribution < -0.4 is 0 Å². The molecule has 0 aliphatic carbocycles. The molecule has 0 spiro atoms. The molecule has 0 aromatic heterocycles. The van der Waals surface area contributed by atoms with Gasteiger partial charge >= 0.3 is 0 Å². The van der Waals surface area contributed by atoms with Gasteiger partial charge in [-0.2, -0.15) is 0 Å². The number of hydrogen-bond donors (Lipinski definition) is 0. The van der Waals surface area contributed by atoms with E-state index in [4.69, 9.17) is 0 Å². The SMILES string of the molecule is CC(Br)(CC(Br)c1ccccc1)c1ccccc1. The highest BCUT2D eigenvalue weighted by Gasteiger charge is 2.26. The molecule has 0 amide bonds. The lowest BCUT2D eigenvalue weighted by atomic mass is 9.94. The Morgan fingerprint density at radius 1 is 0.944 bits per heavy atom. The van der Waals surface area contributed by atoms with Crippen LogP contribution in [0.3, 0.4) is 0 Å². The molecular weight excluding hydrogens is 352 g/mol. The average molecular weight is 368 g/mol. The van der Waals surface area contributed by atoms with Gasteiger partial charge in [0.05, 0.1) is 0 Å². The fourth-order valence-electron chi connectivity index (χ4n) is 2.02. The van der Waals surface area contributed by atoms with E-state index in [9.17, 15) is 0 Å². The highest BCUT2D eigenvalue weighted by atomic mass is 79.9. The summed E-state index contributed by atoms with van der Waals surface area (Å²) in [6.07, 6.45) is 1.00. The molecule has 0 nitrogen and oxygen atoms in total. The lowest BCUT2D eigenvalue weighted by molar-refractivity contribution is 0.631. The van der Waals surface area contributed by atoms with Crippen molar-refractivity contribution < 1.29 is 0 Å². The van der Waals surface area contributed by atoms with Crippen molar-refractivity contribution in [1.82, 2.24) is 0 Å². The zero-order valence-corrected chi connectivity index (χ0v) is 13.5. The van der Waals surface area contributed by atoms with Crippen molar-refractivity contribution in [2.75, 3.05) is 0 Å². The molecule has 0 heterocycles. The van der Waals surface area contributed by atoms with E-state index in [0.29, 0.717) is 4.83 Å². The van der Waals surface area contributed by atoms with Crippen molar-refractivity contribution in [3.8, 4) is 0 Å². The second kappa shape index (κ2) is 6.03. The van der Waals surface area contributed by atoms with Gasteiger partial charge in [0.1, 0.15) is 0 Å². The molecule has 2 aromatic carbocycles. The van der Waals surface area contributed by atoms with E-state index in [2.05, 4.69) is 93.4 Å². The monoisotopic (exact) mass is 366 g/mol. The van der Waals surface area contributed by atoms with Crippen molar-refractivity contribution in [2.45, 2.75) is 22.5 Å². The van der Waals surface area contributed by atoms with E-state index in [1.54, 1.807) is 0 Å². The summed E-state index contributed by atoms with van der Waals surface area (Å²) in [6.45, 7) is 2.22. The van der Waals surface area contributed by atoms with E-state index >= 15 is 0 Å². The highest BCUT2D eigenvalue weighted by molar-refractivity contribution is 9.10. The van der Waals surface area contributed by atoms with Gasteiger partial charge in [-0.05, 0) is 24.5 Å². The summed E-state index contributed by atoms with van der Waals surface area (Å²) >= 11 is 7.65. The Morgan fingerprint density at radius 3 is 2.00 bits per heavy atom. The average Bonchev–Trinajstić information content (AvgIpc) is 2.40. The van der Waals surface area contributed by atoms with Crippen LogP contribution in [-0.2, 0) is 4.32 Å². The number of benzene rings is 2. The minimum Gasteiger partial charge on any atom is -0.0838 e. The summed E-state index contributed by atoms with van der Waals surface area (Å²) in [4.78, 5) is 0.350. The van der Waals surface area contributed by atoms with Crippen LogP contribution in [0.1, 0.15) is 29.3 Å². The van der Waals surface area contributed by atoms with E-state index < -0.39 is 0 Å². The van der Waals surface area contributed by atoms with Gasteiger partial charge < -0.3 is 0 Å². The first kappa shape index (κ1) is 13.8. The van der Waals surface area contributed by atoms with Crippen LogP contribution in [0.15, 0.2) is 60.7 Å². The fourth-order valence-corrected chi connectivity index (χ4v) is 3.99. The zero-order valence-electron chi connectivity index (χ0n) is 10.3. The smallest absolute Gasteiger partial charge is 0.0491 e. The quantitative estimate of drug-likeness (QED) is 0.597. The third-order valence-corrected chi connectivity index (χ3v) is 4.73. The van der Waals surface area contributed by atoms with Crippen molar-refractivity contribution in [3.05, 3.63) is 71.8 Å². The Labute approximate surface area is 126 Å². The molecule has 2 heteroatoms. The maximum atomic E-state index is 3.86. The number of rotatable bonds is 4. The van der Waals surface area contributed by atoms with Crippen molar-refractivity contribution in [1.29, 1.82) is 0 Å². The fraction of sp³-hybridized carbons (Fsp3) is 0.250. The van der Waals surface area contributed by atoms with Gasteiger partial charge in [-0.3, -0.25) is 0 Å². The summed E-state index contributed by atoms with van der Waals surface area (Å²) in [7, 11) is 0. The first-order chi connectivity index (χ1) is 8.59. The number of alkyl halides is 2. The first-order valence-corrected chi connectivity index (χ1v) is 7.74. The van der Waals surface area contributed by atoms with Gasteiger partial charge in [-0.25, -0.2) is 0 Å². The van der Waals surface area contributed by atoms with Crippen LogP contribution in [0.25, 0.3) is 0 Å². The molecule has 0 saturated heterocycles. The predicted molar refractivity (Wildman–Crippen MR) is 85.4 cm³/mol. The molecule has 18 heavy (non-hydrogen) atoms. The molecule has 0 aliphatic rings. The van der Waals surface area contributed by atoms with Gasteiger partial charge in [0.2, 0.25) is 0 Å². The Bertz CT molecular complexity index is 477. The minimum absolute atomic E-state index is 0.0156. The number of halogens is 2. The standard InChI is InChI=1S/C16H16Br2/c1-16(18,14-10-6-3-7-11-14)12-15(17)13-8-4-2-5-9-13/h2-11,15H,12H2,1H3. The normalized spacial score (nSPS) is 15.9. The number of hydrogen-bond acceptors (Lipinski definition) is 0. The largest absolute Gasteiger partial charge is 0.0838 e. The summed E-state index contributed by atoms with van der Waals surface area (Å²) in [6, 6.07) is 21.1. The van der Waals surface area contributed by atoms with E-state index in [-0.39, 0.29) is 4.32 Å². The molecular formula is C16H16Br2. The first-order valence-electron chi connectivity index (χ1n) is 6.03. The van der Waals surface area contributed by atoms with Crippen LogP contribution in [0, 0.1) is 0 Å². The molecule has 2 atom stereocenters. The molecule has 0 fully saturated rings. The molecule has 0 bridgehead atoms. The van der Waals surface area contributed by atoms with E-state index in [1.807, 2.05) is 6.07 Å². The Hall–Kier alpha value is -0.600. The maximum absolute atomic E-state index is 3.86. The third kappa shape index (κ3) is 3.46. The molecule has 0 saturated carbocycles. The molecule has 0 N–H and O–H groups in total. The summed E-state index contributed by atoms with van der Waals surface area (Å²) in [5, 5.41) is 0. The topological polar surface area (TPSA) is 0 Å². The van der Waals surface area contributed by atoms with Crippen molar-refractivity contribution in [2.24, 2.45) is 0 Å². The van der Waals surface area contributed by atoms with Crippen molar-refractivity contribution in [3.63, 3.8) is 0 Å². The molecule has 2 rings (SSSR count). The lowest BCUT2D eigenvalue weighted by Gasteiger charge is -2.26. The van der Waals surface area contributed by atoms with Crippen LogP contribution in [0.4, 0.5) is 0 Å². The summed E-state index contributed by atoms with van der Waals surface area (Å²) in [5.74, 6) is 0. The van der Waals surface area contributed by atoms with E-state index in [0.717, 1.165) is 6.42 Å². The van der Waals surface area contributed by atoms with Gasteiger partial charge in [0, 0.05) is 9.15 Å². The van der Waals surface area contributed by atoms with Crippen molar-refractivity contribution >= 4 is 31.9 Å². The molecule has 0 aliphatic heterocycles. The van der Waals surface area contributed by atoms with E-state index in [1.165, 1.54) is 11.1 Å². The van der Waals surface area contributed by atoms with Gasteiger partial charge in [-0.15, -0.1) is 0 Å². The molecule has 94 valence electrons. The molecule has 0 radical (unpaired) electrons. The Morgan fingerprint density at radius 2 is 1.44 bits per heavy atom. The minimum atomic E-state index is -0.0156. The van der Waals surface area contributed by atoms with Crippen LogP contribution >= 0.6 is 31.9 Å². The Kier molecular flexibility index (Phi) is 4.63. The second-order valence-electron chi connectivity index (χ2n) is 4.65. The summed E-state index contributed by atoms with van der Waals surface area (Å²) < 4.78 is -0.0156. The highest BCUT2D eigenvalue weighted by Crippen LogP contribution is 2.42. The lowest BCUT2D eigenvalue weighted by Crippen LogP contribution is -2.15. The second-order valence-corrected chi connectivity index (χ2v) is 7.50. The third-order valence-electron chi connectivity index (χ3n) is 3.10.